The number of oxazole rings is 1. The number of hydrogen-bond acceptors (Lipinski definition) is 5. The van der Waals surface area contributed by atoms with E-state index in [0.717, 1.165) is 24.1 Å². The molecule has 0 bridgehead atoms. The smallest absolute Gasteiger partial charge is 0.419 e. The van der Waals surface area contributed by atoms with Gasteiger partial charge in [-0.1, -0.05) is 18.2 Å². The van der Waals surface area contributed by atoms with Crippen molar-refractivity contribution in [3.05, 3.63) is 64.1 Å². The van der Waals surface area contributed by atoms with Crippen LogP contribution in [0.15, 0.2) is 51.7 Å². The molecule has 2 aromatic carbocycles. The third kappa shape index (κ3) is 3.09. The summed E-state index contributed by atoms with van der Waals surface area (Å²) < 4.78 is 11.6. The molecule has 28 heavy (non-hydrogen) atoms. The van der Waals surface area contributed by atoms with Gasteiger partial charge in [-0.2, -0.15) is 0 Å². The van der Waals surface area contributed by atoms with E-state index >= 15 is 0 Å². The minimum Gasteiger partial charge on any atom is -0.465 e. The topological polar surface area (TPSA) is 81.8 Å². The van der Waals surface area contributed by atoms with Gasteiger partial charge in [0.05, 0.1) is 18.2 Å². The maximum Gasteiger partial charge on any atom is 0.419 e. The summed E-state index contributed by atoms with van der Waals surface area (Å²) in [6, 6.07) is 12.5. The van der Waals surface area contributed by atoms with Crippen LogP contribution in [0.4, 0.5) is 5.69 Å². The Balaban J connectivity index is 1.58. The molecule has 1 aliphatic rings. The van der Waals surface area contributed by atoms with Crippen LogP contribution in [-0.2, 0) is 22.5 Å². The van der Waals surface area contributed by atoms with Gasteiger partial charge in [-0.25, -0.2) is 9.59 Å². The summed E-state index contributed by atoms with van der Waals surface area (Å²) in [7, 11) is 1.35. The Morgan fingerprint density at radius 3 is 2.79 bits per heavy atom. The van der Waals surface area contributed by atoms with E-state index in [4.69, 9.17) is 9.15 Å². The van der Waals surface area contributed by atoms with Gasteiger partial charge < -0.3 is 14.1 Å². The zero-order valence-corrected chi connectivity index (χ0v) is 15.5. The lowest BCUT2D eigenvalue weighted by molar-refractivity contribution is -0.118. The lowest BCUT2D eigenvalue weighted by Gasteiger charge is -2.30. The van der Waals surface area contributed by atoms with Crippen molar-refractivity contribution in [2.24, 2.45) is 0 Å². The molecule has 1 aliphatic heterocycles. The highest BCUT2D eigenvalue weighted by atomic mass is 16.5. The number of carbonyl (C=O) groups excluding carboxylic acids is 2. The summed E-state index contributed by atoms with van der Waals surface area (Å²) in [6.45, 7) is 0.814. The second kappa shape index (κ2) is 7.34. The van der Waals surface area contributed by atoms with Crippen molar-refractivity contribution in [2.45, 2.75) is 25.8 Å². The van der Waals surface area contributed by atoms with Crippen molar-refractivity contribution in [1.29, 1.82) is 0 Å². The lowest BCUT2D eigenvalue weighted by atomic mass is 9.96. The molecule has 1 aromatic heterocycles. The number of nitrogens with zero attached hydrogens (tertiary/aromatic N) is 2. The molecule has 0 atom stereocenters. The largest absolute Gasteiger partial charge is 0.465 e. The van der Waals surface area contributed by atoms with Crippen LogP contribution in [0.3, 0.4) is 0 Å². The number of methoxy groups -OCH3 is 1. The van der Waals surface area contributed by atoms with Gasteiger partial charge in [0, 0.05) is 25.2 Å². The summed E-state index contributed by atoms with van der Waals surface area (Å²) in [5, 5.41) is 0. The summed E-state index contributed by atoms with van der Waals surface area (Å²) in [6.07, 6.45) is 1.64. The second-order valence-corrected chi connectivity index (χ2v) is 6.68. The van der Waals surface area contributed by atoms with Crippen molar-refractivity contribution < 1.29 is 18.7 Å². The molecule has 0 N–H and O–H groups in total. The first kappa shape index (κ1) is 18.0. The van der Waals surface area contributed by atoms with Gasteiger partial charge in [-0.05, 0) is 42.7 Å². The lowest BCUT2D eigenvalue weighted by Crippen LogP contribution is -2.37. The number of amides is 1. The molecule has 0 aliphatic carbocycles. The molecule has 0 fully saturated rings. The Morgan fingerprint density at radius 1 is 1.14 bits per heavy atom. The Bertz CT molecular complexity index is 1110. The van der Waals surface area contributed by atoms with Gasteiger partial charge in [0.1, 0.15) is 0 Å². The Labute approximate surface area is 161 Å². The van der Waals surface area contributed by atoms with Crippen molar-refractivity contribution in [3.63, 3.8) is 0 Å². The molecule has 0 saturated heterocycles. The number of aryl methyl sites for hydroxylation is 1. The molecule has 7 nitrogen and oxygen atoms in total. The fraction of sp³-hybridized carbons (Fsp3) is 0.286. The van der Waals surface area contributed by atoms with Crippen LogP contribution < -0.4 is 10.7 Å². The first-order valence-electron chi connectivity index (χ1n) is 9.19. The molecule has 0 unspecified atom stereocenters. The molecule has 2 heterocycles. The number of rotatable bonds is 4. The number of aromatic nitrogens is 1. The molecule has 0 spiro atoms. The van der Waals surface area contributed by atoms with Crippen molar-refractivity contribution in [1.82, 2.24) is 4.57 Å². The number of benzene rings is 2. The van der Waals surface area contributed by atoms with E-state index in [2.05, 4.69) is 0 Å². The number of carbonyl (C=O) groups is 2. The van der Waals surface area contributed by atoms with Crippen molar-refractivity contribution in [2.75, 3.05) is 18.6 Å². The van der Waals surface area contributed by atoms with Gasteiger partial charge >= 0.3 is 11.7 Å². The maximum atomic E-state index is 12.9. The minimum atomic E-state index is -0.471. The molecule has 0 radical (unpaired) electrons. The Morgan fingerprint density at radius 2 is 1.96 bits per heavy atom. The third-order valence-corrected chi connectivity index (χ3v) is 5.08. The van der Waals surface area contributed by atoms with Crippen molar-refractivity contribution >= 4 is 28.7 Å². The number of fused-ring (bicyclic) bond motifs is 2. The standard InChI is InChI=1S/C21H20N2O5/c1-27-20(25)15-6-4-9-16-14(15)7-5-12-22(16)19(24)11-13-23-17-8-2-3-10-18(17)28-21(23)26/h2-4,6,8-10H,5,7,11-13H2,1H3. The predicted octanol–water partition coefficient (Wildman–Crippen LogP) is 2.75. The monoisotopic (exact) mass is 380 g/mol. The van der Waals surface area contributed by atoms with Crippen LogP contribution in [0.1, 0.15) is 28.8 Å². The fourth-order valence-electron chi connectivity index (χ4n) is 3.75. The number of ether oxygens (including phenoxy) is 1. The Hall–Kier alpha value is -3.35. The van der Waals surface area contributed by atoms with Crippen LogP contribution in [0.25, 0.3) is 11.1 Å². The van der Waals surface area contributed by atoms with Gasteiger partial charge in [0.25, 0.3) is 0 Å². The van der Waals surface area contributed by atoms with E-state index in [1.807, 2.05) is 12.1 Å². The van der Waals surface area contributed by atoms with Crippen LogP contribution in [0, 0.1) is 0 Å². The quantitative estimate of drug-likeness (QED) is 0.650. The molecule has 144 valence electrons. The molecule has 0 saturated carbocycles. The van der Waals surface area contributed by atoms with E-state index in [1.165, 1.54) is 11.7 Å². The normalized spacial score (nSPS) is 13.4. The average Bonchev–Trinajstić information content (AvgIpc) is 3.05. The molecular formula is C21H20N2O5. The number of esters is 1. The third-order valence-electron chi connectivity index (χ3n) is 5.08. The first-order chi connectivity index (χ1) is 13.6. The maximum absolute atomic E-state index is 12.9. The molecule has 1 amide bonds. The zero-order chi connectivity index (χ0) is 19.7. The van der Waals surface area contributed by atoms with Gasteiger partial charge in [0.15, 0.2) is 5.58 Å². The molecular weight excluding hydrogens is 360 g/mol. The second-order valence-electron chi connectivity index (χ2n) is 6.68. The average molecular weight is 380 g/mol. The van der Waals surface area contributed by atoms with Gasteiger partial charge in [0.2, 0.25) is 5.91 Å². The number of anilines is 1. The van der Waals surface area contributed by atoms with E-state index in [9.17, 15) is 14.4 Å². The minimum absolute atomic E-state index is 0.0971. The SMILES string of the molecule is COC(=O)c1cccc2c1CCCN2C(=O)CCn1c(=O)oc2ccccc21. The van der Waals surface area contributed by atoms with Crippen LogP contribution in [-0.4, -0.2) is 30.1 Å². The van der Waals surface area contributed by atoms with Gasteiger partial charge in [-0.3, -0.25) is 9.36 Å². The summed E-state index contributed by atoms with van der Waals surface area (Å²) >= 11 is 0. The number of hydrogen-bond donors (Lipinski definition) is 0. The highest BCUT2D eigenvalue weighted by Crippen LogP contribution is 2.31. The summed E-state index contributed by atoms with van der Waals surface area (Å²) in [4.78, 5) is 38.7. The van der Waals surface area contributed by atoms with E-state index < -0.39 is 11.7 Å². The Kier molecular flexibility index (Phi) is 4.73. The van der Waals surface area contributed by atoms with E-state index in [1.54, 1.807) is 35.2 Å². The summed E-state index contributed by atoms with van der Waals surface area (Å²) in [5.41, 5.74) is 3.25. The van der Waals surface area contributed by atoms with E-state index in [0.29, 0.717) is 23.2 Å². The number of para-hydroxylation sites is 2. The van der Waals surface area contributed by atoms with Crippen LogP contribution in [0.2, 0.25) is 0 Å². The van der Waals surface area contributed by atoms with Crippen LogP contribution in [0.5, 0.6) is 0 Å². The van der Waals surface area contributed by atoms with Gasteiger partial charge in [-0.15, -0.1) is 0 Å². The van der Waals surface area contributed by atoms with E-state index in [-0.39, 0.29) is 18.9 Å². The molecule has 3 aromatic rings. The van der Waals surface area contributed by atoms with Crippen LogP contribution >= 0.6 is 0 Å². The fourth-order valence-corrected chi connectivity index (χ4v) is 3.75. The molecule has 7 heteroatoms. The van der Waals surface area contributed by atoms with Crippen molar-refractivity contribution in [3.8, 4) is 0 Å². The predicted molar refractivity (Wildman–Crippen MR) is 104 cm³/mol. The molecule has 4 rings (SSSR count). The first-order valence-corrected chi connectivity index (χ1v) is 9.19. The zero-order valence-electron chi connectivity index (χ0n) is 15.5. The summed E-state index contributed by atoms with van der Waals surface area (Å²) in [5.74, 6) is -0.969. The highest BCUT2D eigenvalue weighted by molar-refractivity contribution is 5.98. The highest BCUT2D eigenvalue weighted by Gasteiger charge is 2.26.